The molecule has 0 bridgehead atoms. The quantitative estimate of drug-likeness (QED) is 0.682. The Balaban J connectivity index is 4.44. The molecule has 15 heavy (non-hydrogen) atoms. The summed E-state index contributed by atoms with van der Waals surface area (Å²) < 4.78 is 10.0. The van der Waals surface area contributed by atoms with Crippen molar-refractivity contribution in [3.63, 3.8) is 0 Å². The third kappa shape index (κ3) is 5.74. The first kappa shape index (κ1) is 14.4. The van der Waals surface area contributed by atoms with Crippen molar-refractivity contribution in [2.75, 3.05) is 14.2 Å². The van der Waals surface area contributed by atoms with Crippen molar-refractivity contribution in [1.82, 2.24) is 5.32 Å². The van der Waals surface area contributed by atoms with E-state index in [1.807, 2.05) is 27.7 Å². The first-order valence-electron chi connectivity index (χ1n) is 5.21. The van der Waals surface area contributed by atoms with Gasteiger partial charge in [-0.25, -0.2) is 0 Å². The number of esters is 1. The second-order valence-corrected chi connectivity index (χ2v) is 4.57. The molecule has 0 aromatic rings. The molecule has 0 heterocycles. The molecule has 0 aromatic carbocycles. The minimum atomic E-state index is -0.333. The molecule has 0 aliphatic carbocycles. The minimum Gasteiger partial charge on any atom is -0.468 e. The van der Waals surface area contributed by atoms with E-state index in [1.165, 1.54) is 7.11 Å². The lowest BCUT2D eigenvalue weighted by Gasteiger charge is -2.28. The van der Waals surface area contributed by atoms with Gasteiger partial charge in [0.15, 0.2) is 0 Å². The number of carbonyl (C=O) groups is 1. The first-order chi connectivity index (χ1) is 6.82. The van der Waals surface area contributed by atoms with E-state index in [1.54, 1.807) is 7.11 Å². The fourth-order valence-electron chi connectivity index (χ4n) is 1.33. The fraction of sp³-hybridized carbons (Fsp3) is 0.909. The van der Waals surface area contributed by atoms with Crippen LogP contribution < -0.4 is 5.32 Å². The predicted molar refractivity (Wildman–Crippen MR) is 59.8 cm³/mol. The number of hydrogen-bond acceptors (Lipinski definition) is 4. The van der Waals surface area contributed by atoms with Crippen LogP contribution in [0.3, 0.4) is 0 Å². The van der Waals surface area contributed by atoms with E-state index >= 15 is 0 Å². The maximum atomic E-state index is 11.5. The van der Waals surface area contributed by atoms with Crippen LogP contribution in [-0.4, -0.2) is 37.9 Å². The first-order valence-corrected chi connectivity index (χ1v) is 5.21. The van der Waals surface area contributed by atoms with Crippen molar-refractivity contribution >= 4 is 5.97 Å². The third-order valence-electron chi connectivity index (χ3n) is 2.27. The lowest BCUT2D eigenvalue weighted by Crippen LogP contribution is -2.46. The molecule has 0 rings (SSSR count). The van der Waals surface area contributed by atoms with E-state index in [4.69, 9.17) is 9.47 Å². The van der Waals surface area contributed by atoms with Gasteiger partial charge in [0.25, 0.3) is 0 Å². The average molecular weight is 217 g/mol. The Hall–Kier alpha value is -0.610. The topological polar surface area (TPSA) is 47.6 Å². The van der Waals surface area contributed by atoms with Gasteiger partial charge in [-0.05, 0) is 13.8 Å². The number of ether oxygens (including phenoxy) is 2. The minimum absolute atomic E-state index is 0.238. The second-order valence-electron chi connectivity index (χ2n) is 4.57. The monoisotopic (exact) mass is 217 g/mol. The van der Waals surface area contributed by atoms with Crippen LogP contribution >= 0.6 is 0 Å². The second kappa shape index (κ2) is 6.08. The molecule has 0 radical (unpaired) electrons. The van der Waals surface area contributed by atoms with E-state index in [9.17, 15) is 4.79 Å². The lowest BCUT2D eigenvalue weighted by molar-refractivity contribution is -0.145. The van der Waals surface area contributed by atoms with Crippen molar-refractivity contribution < 1.29 is 14.3 Å². The van der Waals surface area contributed by atoms with E-state index in [0.29, 0.717) is 6.42 Å². The highest BCUT2D eigenvalue weighted by molar-refractivity contribution is 5.75. The number of nitrogens with one attached hydrogen (secondary N) is 1. The van der Waals surface area contributed by atoms with Crippen molar-refractivity contribution in [3.05, 3.63) is 0 Å². The molecule has 1 unspecified atom stereocenters. The summed E-state index contributed by atoms with van der Waals surface area (Å²) in [7, 11) is 3.04. The number of methoxy groups -OCH3 is 2. The van der Waals surface area contributed by atoms with Gasteiger partial charge in [-0.15, -0.1) is 0 Å². The Kier molecular flexibility index (Phi) is 5.83. The van der Waals surface area contributed by atoms with Crippen LogP contribution in [0.25, 0.3) is 0 Å². The maximum absolute atomic E-state index is 11.5. The SMILES string of the molecule is COC(=O)C(CC(C)(C)OC)NC(C)C. The van der Waals surface area contributed by atoms with Gasteiger partial charge in [0.05, 0.1) is 12.7 Å². The molecule has 0 aromatic heterocycles. The largest absolute Gasteiger partial charge is 0.468 e. The molecule has 0 saturated carbocycles. The molecular weight excluding hydrogens is 194 g/mol. The van der Waals surface area contributed by atoms with Crippen LogP contribution in [-0.2, 0) is 14.3 Å². The number of rotatable bonds is 6. The van der Waals surface area contributed by atoms with Crippen LogP contribution in [0.5, 0.6) is 0 Å². The zero-order valence-electron chi connectivity index (χ0n) is 10.6. The zero-order valence-corrected chi connectivity index (χ0v) is 10.6. The summed E-state index contributed by atoms with van der Waals surface area (Å²) in [4.78, 5) is 11.5. The molecule has 4 heteroatoms. The van der Waals surface area contributed by atoms with Gasteiger partial charge in [0.2, 0.25) is 0 Å². The summed E-state index contributed by atoms with van der Waals surface area (Å²) in [5.41, 5.74) is -0.333. The van der Waals surface area contributed by atoms with E-state index in [2.05, 4.69) is 5.32 Å². The average Bonchev–Trinajstić information content (AvgIpc) is 2.14. The number of carbonyl (C=O) groups excluding carboxylic acids is 1. The van der Waals surface area contributed by atoms with Crippen LogP contribution in [0.15, 0.2) is 0 Å². The van der Waals surface area contributed by atoms with Gasteiger partial charge < -0.3 is 14.8 Å². The van der Waals surface area contributed by atoms with Crippen LogP contribution in [0, 0.1) is 0 Å². The highest BCUT2D eigenvalue weighted by Crippen LogP contribution is 2.16. The molecule has 4 nitrogen and oxygen atoms in total. The molecule has 0 fully saturated rings. The highest BCUT2D eigenvalue weighted by Gasteiger charge is 2.28. The summed E-state index contributed by atoms with van der Waals surface area (Å²) in [6.45, 7) is 7.89. The molecule has 0 aliphatic rings. The highest BCUT2D eigenvalue weighted by atomic mass is 16.5. The smallest absolute Gasteiger partial charge is 0.322 e. The van der Waals surface area contributed by atoms with Crippen molar-refractivity contribution in [3.8, 4) is 0 Å². The Morgan fingerprint density at radius 3 is 2.20 bits per heavy atom. The van der Waals surface area contributed by atoms with E-state index < -0.39 is 0 Å². The summed E-state index contributed by atoms with van der Waals surface area (Å²) >= 11 is 0. The molecule has 0 aliphatic heterocycles. The lowest BCUT2D eigenvalue weighted by atomic mass is 9.98. The van der Waals surface area contributed by atoms with Gasteiger partial charge in [-0.1, -0.05) is 13.8 Å². The van der Waals surface area contributed by atoms with Gasteiger partial charge in [0.1, 0.15) is 6.04 Å². The van der Waals surface area contributed by atoms with E-state index in [-0.39, 0.29) is 23.7 Å². The van der Waals surface area contributed by atoms with Gasteiger partial charge in [-0.3, -0.25) is 4.79 Å². The molecule has 0 saturated heterocycles. The third-order valence-corrected chi connectivity index (χ3v) is 2.27. The predicted octanol–water partition coefficient (Wildman–Crippen LogP) is 1.34. The molecule has 0 spiro atoms. The molecule has 90 valence electrons. The Morgan fingerprint density at radius 1 is 1.33 bits per heavy atom. The van der Waals surface area contributed by atoms with Gasteiger partial charge >= 0.3 is 5.97 Å². The van der Waals surface area contributed by atoms with Crippen LogP contribution in [0.2, 0.25) is 0 Å². The zero-order chi connectivity index (χ0) is 12.1. The summed E-state index contributed by atoms with van der Waals surface area (Å²) in [5.74, 6) is -0.242. The fourth-order valence-corrected chi connectivity index (χ4v) is 1.33. The summed E-state index contributed by atoms with van der Waals surface area (Å²) in [5, 5.41) is 3.17. The maximum Gasteiger partial charge on any atom is 0.322 e. The standard InChI is InChI=1S/C11H23NO3/c1-8(2)12-9(10(13)14-5)7-11(3,4)15-6/h8-9,12H,7H2,1-6H3. The molecule has 0 amide bonds. The van der Waals surface area contributed by atoms with Crippen molar-refractivity contribution in [2.24, 2.45) is 0 Å². The number of hydrogen-bond donors (Lipinski definition) is 1. The molecule has 1 N–H and O–H groups in total. The summed E-state index contributed by atoms with van der Waals surface area (Å²) in [6, 6.07) is -0.0771. The van der Waals surface area contributed by atoms with Gasteiger partial charge in [-0.2, -0.15) is 0 Å². The van der Waals surface area contributed by atoms with Crippen LogP contribution in [0.1, 0.15) is 34.1 Å². The Labute approximate surface area is 92.3 Å². The van der Waals surface area contributed by atoms with E-state index in [0.717, 1.165) is 0 Å². The Morgan fingerprint density at radius 2 is 1.87 bits per heavy atom. The molecule has 1 atom stereocenters. The van der Waals surface area contributed by atoms with Gasteiger partial charge in [0, 0.05) is 19.6 Å². The van der Waals surface area contributed by atoms with Crippen molar-refractivity contribution in [1.29, 1.82) is 0 Å². The normalized spacial score (nSPS) is 14.1. The van der Waals surface area contributed by atoms with Crippen molar-refractivity contribution in [2.45, 2.75) is 51.8 Å². The summed E-state index contributed by atoms with van der Waals surface area (Å²) in [6.07, 6.45) is 0.592. The molecular formula is C11H23NO3. The van der Waals surface area contributed by atoms with Crippen LogP contribution in [0.4, 0.5) is 0 Å². The Bertz CT molecular complexity index is 202.